The Kier molecular flexibility index (Phi) is 4.14. The molecule has 8 heteroatoms. The highest BCUT2D eigenvalue weighted by Crippen LogP contribution is 2.28. The number of carbonyl (C=O) groups is 1. The van der Waals surface area contributed by atoms with E-state index in [1.165, 1.54) is 0 Å². The van der Waals surface area contributed by atoms with Crippen LogP contribution in [-0.4, -0.2) is 20.6 Å². The molecule has 136 valence electrons. The van der Waals surface area contributed by atoms with Crippen LogP contribution >= 0.6 is 22.6 Å². The Labute approximate surface area is 166 Å². The van der Waals surface area contributed by atoms with Gasteiger partial charge >= 0.3 is 11.6 Å². The largest absolute Gasteiger partial charge is 0.477 e. The predicted octanol–water partition coefficient (Wildman–Crippen LogP) is 4.03. The molecule has 0 spiro atoms. The van der Waals surface area contributed by atoms with E-state index >= 15 is 0 Å². The molecule has 0 unspecified atom stereocenters. The number of aromatic carboxylic acids is 1. The van der Waals surface area contributed by atoms with Crippen LogP contribution in [0.4, 0.5) is 11.6 Å². The molecule has 0 aliphatic heterocycles. The summed E-state index contributed by atoms with van der Waals surface area (Å²) in [4.78, 5) is 28.0. The van der Waals surface area contributed by atoms with E-state index in [1.807, 2.05) is 35.9 Å². The van der Waals surface area contributed by atoms with Crippen LogP contribution in [-0.2, 0) is 7.05 Å². The molecule has 0 saturated carbocycles. The number of benzene rings is 2. The molecular formula is C19H14IN3O4. The third-order valence-electron chi connectivity index (χ3n) is 4.46. The number of nitrogens with one attached hydrogen (secondary N) is 1. The first-order valence-electron chi connectivity index (χ1n) is 8.05. The van der Waals surface area contributed by atoms with E-state index in [1.54, 1.807) is 19.1 Å². The molecule has 0 aliphatic carbocycles. The molecule has 4 rings (SSSR count). The fraction of sp³-hybridized carbons (Fsp3) is 0.105. The zero-order valence-electron chi connectivity index (χ0n) is 14.4. The van der Waals surface area contributed by atoms with Gasteiger partial charge in [0, 0.05) is 27.8 Å². The topological polar surface area (TPSA) is 97.4 Å². The zero-order valence-corrected chi connectivity index (χ0v) is 16.6. The van der Waals surface area contributed by atoms with Gasteiger partial charge in [0.15, 0.2) is 0 Å². The van der Waals surface area contributed by atoms with Gasteiger partial charge in [0.1, 0.15) is 11.1 Å². The number of imidazole rings is 1. The Morgan fingerprint density at radius 1 is 1.30 bits per heavy atom. The van der Waals surface area contributed by atoms with Gasteiger partial charge in [-0.05, 0) is 59.3 Å². The molecule has 0 atom stereocenters. The van der Waals surface area contributed by atoms with Crippen molar-refractivity contribution in [3.8, 4) is 0 Å². The van der Waals surface area contributed by atoms with Gasteiger partial charge in [0.2, 0.25) is 5.95 Å². The average Bonchev–Trinajstić information content (AvgIpc) is 2.89. The van der Waals surface area contributed by atoms with E-state index in [-0.39, 0.29) is 5.56 Å². The van der Waals surface area contributed by atoms with E-state index in [9.17, 15) is 14.7 Å². The van der Waals surface area contributed by atoms with Crippen LogP contribution in [0.1, 0.15) is 15.9 Å². The van der Waals surface area contributed by atoms with Crippen LogP contribution in [0.25, 0.3) is 22.0 Å². The van der Waals surface area contributed by atoms with E-state index in [4.69, 9.17) is 4.42 Å². The maximum absolute atomic E-state index is 12.0. The van der Waals surface area contributed by atoms with Gasteiger partial charge in [-0.1, -0.05) is 6.07 Å². The number of anilines is 2. The fourth-order valence-corrected chi connectivity index (χ4v) is 3.63. The summed E-state index contributed by atoms with van der Waals surface area (Å²) in [5.74, 6) is -0.675. The molecule has 27 heavy (non-hydrogen) atoms. The summed E-state index contributed by atoms with van der Waals surface area (Å²) >= 11 is 2.24. The highest BCUT2D eigenvalue weighted by atomic mass is 127. The minimum atomic E-state index is -1.30. The molecule has 0 amide bonds. The first-order chi connectivity index (χ1) is 12.8. The number of hydrogen-bond donors (Lipinski definition) is 2. The number of rotatable bonds is 3. The SMILES string of the molecule is Cc1c(C(=O)O)c(=O)oc2cc3c(cc12)nc(Nc1cccc(I)c1)n3C. The zero-order chi connectivity index (χ0) is 19.3. The number of carboxylic acids is 1. The van der Waals surface area contributed by atoms with Crippen molar-refractivity contribution >= 4 is 62.2 Å². The molecular weight excluding hydrogens is 461 g/mol. The van der Waals surface area contributed by atoms with Gasteiger partial charge < -0.3 is 19.4 Å². The van der Waals surface area contributed by atoms with E-state index in [0.29, 0.717) is 28.0 Å². The summed E-state index contributed by atoms with van der Waals surface area (Å²) in [6.45, 7) is 1.60. The Hall–Kier alpha value is -2.88. The monoisotopic (exact) mass is 475 g/mol. The number of aryl methyl sites for hydroxylation is 2. The Morgan fingerprint density at radius 3 is 2.78 bits per heavy atom. The van der Waals surface area contributed by atoms with E-state index in [2.05, 4.69) is 32.9 Å². The number of halogens is 1. The fourth-order valence-electron chi connectivity index (χ4n) is 3.09. The molecule has 2 N–H and O–H groups in total. The molecule has 0 bridgehead atoms. The summed E-state index contributed by atoms with van der Waals surface area (Å²) in [6, 6.07) is 11.3. The molecule has 4 aromatic rings. The molecule has 2 aromatic carbocycles. The Bertz CT molecular complexity index is 1290. The highest BCUT2D eigenvalue weighted by Gasteiger charge is 2.19. The van der Waals surface area contributed by atoms with Gasteiger partial charge in [0.05, 0.1) is 11.0 Å². The van der Waals surface area contributed by atoms with Crippen LogP contribution in [0.15, 0.2) is 45.6 Å². The summed E-state index contributed by atoms with van der Waals surface area (Å²) in [5.41, 5.74) is 1.84. The molecule has 7 nitrogen and oxygen atoms in total. The molecule has 2 heterocycles. The van der Waals surface area contributed by atoms with Crippen molar-refractivity contribution in [1.29, 1.82) is 0 Å². The third kappa shape index (κ3) is 2.95. The number of fused-ring (bicyclic) bond motifs is 2. The smallest absolute Gasteiger partial charge is 0.351 e. The predicted molar refractivity (Wildman–Crippen MR) is 111 cm³/mol. The lowest BCUT2D eigenvalue weighted by Crippen LogP contribution is -2.15. The van der Waals surface area contributed by atoms with E-state index in [0.717, 1.165) is 14.8 Å². The molecule has 0 radical (unpaired) electrons. The number of aromatic nitrogens is 2. The first kappa shape index (κ1) is 17.5. The van der Waals surface area contributed by atoms with Crippen molar-refractivity contribution in [1.82, 2.24) is 9.55 Å². The quantitative estimate of drug-likeness (QED) is 0.343. The lowest BCUT2D eigenvalue weighted by molar-refractivity contribution is 0.0691. The van der Waals surface area contributed by atoms with Crippen LogP contribution in [0, 0.1) is 10.5 Å². The van der Waals surface area contributed by atoms with Crippen molar-refractivity contribution in [3.05, 3.63) is 61.5 Å². The van der Waals surface area contributed by atoms with Crippen molar-refractivity contribution in [3.63, 3.8) is 0 Å². The lowest BCUT2D eigenvalue weighted by Gasteiger charge is -2.07. The second-order valence-corrected chi connectivity index (χ2v) is 7.41. The maximum atomic E-state index is 12.0. The lowest BCUT2D eigenvalue weighted by atomic mass is 10.1. The average molecular weight is 475 g/mol. The minimum Gasteiger partial charge on any atom is -0.477 e. The van der Waals surface area contributed by atoms with E-state index < -0.39 is 11.6 Å². The highest BCUT2D eigenvalue weighted by molar-refractivity contribution is 14.1. The second kappa shape index (κ2) is 6.38. The van der Waals surface area contributed by atoms with Gasteiger partial charge in [-0.2, -0.15) is 0 Å². The van der Waals surface area contributed by atoms with Gasteiger partial charge in [-0.15, -0.1) is 0 Å². The molecule has 0 fully saturated rings. The Morgan fingerprint density at radius 2 is 2.07 bits per heavy atom. The number of carboxylic acid groups (broad SMARTS) is 1. The number of nitrogens with zero attached hydrogens (tertiary/aromatic N) is 2. The summed E-state index contributed by atoms with van der Waals surface area (Å²) in [6.07, 6.45) is 0. The normalized spacial score (nSPS) is 11.2. The van der Waals surface area contributed by atoms with Gasteiger partial charge in [-0.3, -0.25) is 0 Å². The maximum Gasteiger partial charge on any atom is 0.351 e. The molecule has 0 aliphatic rings. The van der Waals surface area contributed by atoms with Crippen molar-refractivity contribution in [2.45, 2.75) is 6.92 Å². The summed E-state index contributed by atoms with van der Waals surface area (Å²) < 4.78 is 8.20. The van der Waals surface area contributed by atoms with Crippen LogP contribution in [0.5, 0.6) is 0 Å². The minimum absolute atomic E-state index is 0.332. The Balaban J connectivity index is 1.91. The third-order valence-corrected chi connectivity index (χ3v) is 5.13. The number of hydrogen-bond acceptors (Lipinski definition) is 5. The van der Waals surface area contributed by atoms with Crippen LogP contribution in [0.3, 0.4) is 0 Å². The second-order valence-electron chi connectivity index (χ2n) is 6.16. The van der Waals surface area contributed by atoms with Crippen molar-refractivity contribution in [2.75, 3.05) is 5.32 Å². The van der Waals surface area contributed by atoms with Gasteiger partial charge in [0.25, 0.3) is 0 Å². The van der Waals surface area contributed by atoms with Crippen LogP contribution < -0.4 is 10.9 Å². The van der Waals surface area contributed by atoms with Crippen molar-refractivity contribution < 1.29 is 14.3 Å². The summed E-state index contributed by atoms with van der Waals surface area (Å²) in [5, 5.41) is 13.1. The first-order valence-corrected chi connectivity index (χ1v) is 9.13. The molecule has 0 saturated heterocycles. The summed E-state index contributed by atoms with van der Waals surface area (Å²) in [7, 11) is 1.86. The van der Waals surface area contributed by atoms with Crippen LogP contribution in [0.2, 0.25) is 0 Å². The van der Waals surface area contributed by atoms with Gasteiger partial charge in [-0.25, -0.2) is 14.6 Å². The molecule has 2 aromatic heterocycles. The standard InChI is InChI=1S/C19H14IN3O4/c1-9-12-7-13-14(8-15(12)27-18(26)16(9)17(24)25)23(2)19(22-13)21-11-5-3-4-10(20)6-11/h3-8H,1-2H3,(H,21,22)(H,24,25). The van der Waals surface area contributed by atoms with Crippen molar-refractivity contribution in [2.24, 2.45) is 7.05 Å².